The molecule has 2 heterocycles. The SMILES string of the molecule is CCCC[C@@H]1CN(Cc2cccc3cnccc23)C[C@H](C2CC2)O1. The van der Waals surface area contributed by atoms with Crippen molar-refractivity contribution in [3.8, 4) is 0 Å². The summed E-state index contributed by atoms with van der Waals surface area (Å²) in [6.45, 7) is 5.46. The number of benzene rings is 1. The van der Waals surface area contributed by atoms with Gasteiger partial charge in [-0.25, -0.2) is 0 Å². The van der Waals surface area contributed by atoms with Crippen molar-refractivity contribution in [1.82, 2.24) is 9.88 Å². The first kappa shape index (κ1) is 16.0. The van der Waals surface area contributed by atoms with Crippen LogP contribution in [0.3, 0.4) is 0 Å². The van der Waals surface area contributed by atoms with E-state index in [0.717, 1.165) is 25.6 Å². The molecule has 1 aromatic heterocycles. The van der Waals surface area contributed by atoms with Crippen LogP contribution in [-0.4, -0.2) is 35.2 Å². The molecule has 0 radical (unpaired) electrons. The summed E-state index contributed by atoms with van der Waals surface area (Å²) in [6.07, 6.45) is 11.2. The maximum Gasteiger partial charge on any atom is 0.0734 e. The van der Waals surface area contributed by atoms with Gasteiger partial charge in [0.15, 0.2) is 0 Å². The number of hydrogen-bond acceptors (Lipinski definition) is 3. The Bertz CT molecular complexity index is 677. The van der Waals surface area contributed by atoms with E-state index in [-0.39, 0.29) is 0 Å². The highest BCUT2D eigenvalue weighted by Gasteiger charge is 2.38. The van der Waals surface area contributed by atoms with Crippen molar-refractivity contribution in [3.63, 3.8) is 0 Å². The molecule has 1 saturated carbocycles. The van der Waals surface area contributed by atoms with E-state index in [1.165, 1.54) is 48.4 Å². The zero-order valence-electron chi connectivity index (χ0n) is 14.7. The molecule has 1 saturated heterocycles. The van der Waals surface area contributed by atoms with Crippen LogP contribution in [0.2, 0.25) is 0 Å². The summed E-state index contributed by atoms with van der Waals surface area (Å²) in [4.78, 5) is 6.88. The van der Waals surface area contributed by atoms with Crippen LogP contribution in [-0.2, 0) is 11.3 Å². The summed E-state index contributed by atoms with van der Waals surface area (Å²) < 4.78 is 6.42. The predicted molar refractivity (Wildman–Crippen MR) is 97.9 cm³/mol. The number of nitrogens with zero attached hydrogens (tertiary/aromatic N) is 2. The molecule has 2 fully saturated rings. The van der Waals surface area contributed by atoms with E-state index in [0.29, 0.717) is 12.2 Å². The molecule has 2 aromatic rings. The Morgan fingerprint density at radius 3 is 2.96 bits per heavy atom. The molecule has 0 N–H and O–H groups in total. The molecule has 3 nitrogen and oxygen atoms in total. The molecule has 128 valence electrons. The highest BCUT2D eigenvalue weighted by Crippen LogP contribution is 2.37. The molecular weight excluding hydrogens is 296 g/mol. The Morgan fingerprint density at radius 2 is 2.12 bits per heavy atom. The largest absolute Gasteiger partial charge is 0.372 e. The summed E-state index contributed by atoms with van der Waals surface area (Å²) in [5.41, 5.74) is 1.42. The van der Waals surface area contributed by atoms with E-state index in [9.17, 15) is 0 Å². The van der Waals surface area contributed by atoms with Crippen LogP contribution in [0.1, 0.15) is 44.6 Å². The topological polar surface area (TPSA) is 25.4 Å². The summed E-state index contributed by atoms with van der Waals surface area (Å²) in [5, 5.41) is 2.58. The number of pyridine rings is 1. The van der Waals surface area contributed by atoms with E-state index in [1.54, 1.807) is 0 Å². The first-order valence-corrected chi connectivity index (χ1v) is 9.53. The van der Waals surface area contributed by atoms with Crippen molar-refractivity contribution in [1.29, 1.82) is 0 Å². The van der Waals surface area contributed by atoms with Crippen molar-refractivity contribution >= 4 is 10.8 Å². The van der Waals surface area contributed by atoms with Crippen LogP contribution >= 0.6 is 0 Å². The lowest BCUT2D eigenvalue weighted by Crippen LogP contribution is -2.48. The van der Waals surface area contributed by atoms with Crippen LogP contribution < -0.4 is 0 Å². The van der Waals surface area contributed by atoms with Gasteiger partial charge in [0.25, 0.3) is 0 Å². The Kier molecular flexibility index (Phi) is 4.81. The van der Waals surface area contributed by atoms with Gasteiger partial charge >= 0.3 is 0 Å². The fraction of sp³-hybridized carbons (Fsp3) is 0.571. The minimum Gasteiger partial charge on any atom is -0.372 e. The molecule has 2 atom stereocenters. The average molecular weight is 324 g/mol. The number of fused-ring (bicyclic) bond motifs is 1. The van der Waals surface area contributed by atoms with Crippen molar-refractivity contribution in [2.45, 2.75) is 57.8 Å². The summed E-state index contributed by atoms with van der Waals surface area (Å²) in [7, 11) is 0. The molecule has 4 rings (SSSR count). The van der Waals surface area contributed by atoms with Gasteiger partial charge in [-0.05, 0) is 42.2 Å². The molecule has 24 heavy (non-hydrogen) atoms. The third-order valence-electron chi connectivity index (χ3n) is 5.46. The molecule has 1 aliphatic carbocycles. The number of ether oxygens (including phenoxy) is 1. The van der Waals surface area contributed by atoms with Gasteiger partial charge in [0, 0.05) is 37.4 Å². The third-order valence-corrected chi connectivity index (χ3v) is 5.46. The van der Waals surface area contributed by atoms with Gasteiger partial charge < -0.3 is 4.74 Å². The average Bonchev–Trinajstić information content (AvgIpc) is 3.45. The highest BCUT2D eigenvalue weighted by molar-refractivity contribution is 5.84. The van der Waals surface area contributed by atoms with Crippen LogP contribution in [0.25, 0.3) is 10.8 Å². The van der Waals surface area contributed by atoms with E-state index in [4.69, 9.17) is 4.74 Å². The van der Waals surface area contributed by atoms with Crippen LogP contribution in [0.5, 0.6) is 0 Å². The quantitative estimate of drug-likeness (QED) is 0.787. The molecule has 3 heteroatoms. The Balaban J connectivity index is 1.51. The number of unbranched alkanes of at least 4 members (excludes halogenated alkanes) is 1. The molecular formula is C21H28N2O. The first-order valence-electron chi connectivity index (χ1n) is 9.53. The lowest BCUT2D eigenvalue weighted by atomic mass is 10.0. The first-order chi connectivity index (χ1) is 11.8. The fourth-order valence-corrected chi connectivity index (χ4v) is 3.97. The second-order valence-electron chi connectivity index (χ2n) is 7.48. The Labute approximate surface area is 145 Å². The molecule has 0 amide bonds. The van der Waals surface area contributed by atoms with Crippen molar-refractivity contribution in [2.75, 3.05) is 13.1 Å². The summed E-state index contributed by atoms with van der Waals surface area (Å²) in [6, 6.07) is 8.73. The minimum absolute atomic E-state index is 0.418. The van der Waals surface area contributed by atoms with Gasteiger partial charge in [-0.3, -0.25) is 9.88 Å². The van der Waals surface area contributed by atoms with E-state index in [2.05, 4.69) is 41.1 Å². The van der Waals surface area contributed by atoms with E-state index < -0.39 is 0 Å². The normalized spacial score (nSPS) is 25.2. The van der Waals surface area contributed by atoms with Crippen LogP contribution in [0.15, 0.2) is 36.7 Å². The molecule has 0 spiro atoms. The maximum atomic E-state index is 6.42. The number of hydrogen-bond donors (Lipinski definition) is 0. The molecule has 2 aliphatic rings. The van der Waals surface area contributed by atoms with Crippen LogP contribution in [0, 0.1) is 5.92 Å². The zero-order chi connectivity index (χ0) is 16.4. The third kappa shape index (κ3) is 3.62. The molecule has 0 unspecified atom stereocenters. The number of aromatic nitrogens is 1. The lowest BCUT2D eigenvalue weighted by molar-refractivity contribution is -0.0992. The van der Waals surface area contributed by atoms with E-state index >= 15 is 0 Å². The summed E-state index contributed by atoms with van der Waals surface area (Å²) >= 11 is 0. The monoisotopic (exact) mass is 324 g/mol. The zero-order valence-corrected chi connectivity index (χ0v) is 14.7. The Morgan fingerprint density at radius 1 is 1.21 bits per heavy atom. The van der Waals surface area contributed by atoms with Gasteiger partial charge in [0.05, 0.1) is 12.2 Å². The lowest BCUT2D eigenvalue weighted by Gasteiger charge is -2.38. The summed E-state index contributed by atoms with van der Waals surface area (Å²) in [5.74, 6) is 0.814. The van der Waals surface area contributed by atoms with Crippen molar-refractivity contribution < 1.29 is 4.74 Å². The number of rotatable bonds is 6. The molecule has 1 aromatic carbocycles. The van der Waals surface area contributed by atoms with Crippen molar-refractivity contribution in [2.24, 2.45) is 5.92 Å². The maximum absolute atomic E-state index is 6.42. The number of morpholine rings is 1. The van der Waals surface area contributed by atoms with E-state index in [1.807, 2.05) is 12.4 Å². The second-order valence-corrected chi connectivity index (χ2v) is 7.48. The van der Waals surface area contributed by atoms with Gasteiger partial charge in [0.1, 0.15) is 0 Å². The smallest absolute Gasteiger partial charge is 0.0734 e. The van der Waals surface area contributed by atoms with Gasteiger partial charge in [-0.1, -0.05) is 38.0 Å². The highest BCUT2D eigenvalue weighted by atomic mass is 16.5. The van der Waals surface area contributed by atoms with Gasteiger partial charge in [0.2, 0.25) is 0 Å². The predicted octanol–water partition coefficient (Wildman–Crippen LogP) is 4.40. The fourth-order valence-electron chi connectivity index (χ4n) is 3.97. The molecule has 0 bridgehead atoms. The minimum atomic E-state index is 0.418. The molecule has 1 aliphatic heterocycles. The van der Waals surface area contributed by atoms with Gasteiger partial charge in [-0.2, -0.15) is 0 Å². The standard InChI is InChI=1S/C21H28N2O/c1-2-3-7-19-14-23(15-21(24-19)16-8-9-16)13-18-6-4-5-17-12-22-11-10-20(17)18/h4-6,10-12,16,19,21H,2-3,7-9,13-15H2,1H3/t19-,21-/m1/s1. The Hall–Kier alpha value is -1.45. The van der Waals surface area contributed by atoms with Crippen LogP contribution in [0.4, 0.5) is 0 Å². The second kappa shape index (κ2) is 7.20. The van der Waals surface area contributed by atoms with Crippen molar-refractivity contribution in [3.05, 3.63) is 42.2 Å². The van der Waals surface area contributed by atoms with Gasteiger partial charge in [-0.15, -0.1) is 0 Å².